The summed E-state index contributed by atoms with van der Waals surface area (Å²) in [4.78, 5) is 11.5. The van der Waals surface area contributed by atoms with E-state index in [0.717, 1.165) is 36.6 Å². The van der Waals surface area contributed by atoms with Gasteiger partial charge >= 0.3 is 13.2 Å². The van der Waals surface area contributed by atoms with Crippen molar-refractivity contribution in [1.29, 1.82) is 0 Å². The molecule has 1 heterocycles. The fraction of sp³-hybridized carbons (Fsp3) is 0.471. The van der Waals surface area contributed by atoms with Crippen LogP contribution >= 0.6 is 7.60 Å². The molecule has 0 spiro atoms. The fourth-order valence-electron chi connectivity index (χ4n) is 2.43. The number of benzene rings is 1. The van der Waals surface area contributed by atoms with Gasteiger partial charge in [-0.1, -0.05) is 26.2 Å². The van der Waals surface area contributed by atoms with Crippen molar-refractivity contribution in [3.05, 3.63) is 40.2 Å². The zero-order chi connectivity index (χ0) is 16.9. The van der Waals surface area contributed by atoms with Crippen LogP contribution in [0, 0.1) is 6.92 Å². The van der Waals surface area contributed by atoms with Gasteiger partial charge in [0, 0.05) is 24.6 Å². The summed E-state index contributed by atoms with van der Waals surface area (Å²) in [6.45, 7) is 3.96. The molecule has 0 unspecified atom stereocenters. The first-order valence-corrected chi connectivity index (χ1v) is 9.59. The lowest BCUT2D eigenvalue weighted by molar-refractivity contribution is 0.320. The zero-order valence-electron chi connectivity index (χ0n) is 13.8. The minimum atomic E-state index is -3.18. The largest absolute Gasteiger partial charge is 0.424 e. The second-order valence-corrected chi connectivity index (χ2v) is 7.79. The lowest BCUT2D eigenvalue weighted by atomic mass is 10.1. The summed E-state index contributed by atoms with van der Waals surface area (Å²) >= 11 is 0. The summed E-state index contributed by atoms with van der Waals surface area (Å²) < 4.78 is 28.5. The molecule has 1 aromatic heterocycles. The third-order valence-electron chi connectivity index (χ3n) is 3.73. The van der Waals surface area contributed by atoms with E-state index >= 15 is 0 Å². The molecule has 2 rings (SSSR count). The van der Waals surface area contributed by atoms with Gasteiger partial charge in [-0.15, -0.1) is 0 Å². The van der Waals surface area contributed by atoms with E-state index < -0.39 is 13.2 Å². The van der Waals surface area contributed by atoms with Crippen molar-refractivity contribution < 1.29 is 18.0 Å². The van der Waals surface area contributed by atoms with Gasteiger partial charge in [0.25, 0.3) is 0 Å². The number of fused-ring (bicyclic) bond motifs is 1. The summed E-state index contributed by atoms with van der Waals surface area (Å²) in [6.07, 6.45) is 4.38. The Hall–Kier alpha value is -1.58. The van der Waals surface area contributed by atoms with Crippen LogP contribution in [0.2, 0.25) is 0 Å². The molecule has 0 aliphatic rings. The van der Waals surface area contributed by atoms with Gasteiger partial charge < -0.3 is 13.5 Å². The minimum absolute atomic E-state index is 0.374. The number of rotatable bonds is 8. The summed E-state index contributed by atoms with van der Waals surface area (Å²) in [6, 6.07) is 6.53. The first-order valence-electron chi connectivity index (χ1n) is 7.86. The molecule has 126 valence electrons. The Bertz CT molecular complexity index is 765. The van der Waals surface area contributed by atoms with Gasteiger partial charge in [-0.3, -0.25) is 0 Å². The Balaban J connectivity index is 2.19. The van der Waals surface area contributed by atoms with Crippen molar-refractivity contribution in [2.75, 3.05) is 13.3 Å². The quantitative estimate of drug-likeness (QED) is 0.389. The van der Waals surface area contributed by atoms with Crippen molar-refractivity contribution in [3.8, 4) is 5.75 Å². The van der Waals surface area contributed by atoms with Crippen molar-refractivity contribution in [2.45, 2.75) is 39.5 Å². The van der Waals surface area contributed by atoms with Gasteiger partial charge in [0.2, 0.25) is 0 Å². The van der Waals surface area contributed by atoms with E-state index in [1.807, 2.05) is 6.92 Å². The van der Waals surface area contributed by atoms with Gasteiger partial charge in [0.05, 0.1) is 6.16 Å². The number of unbranched alkanes of at least 4 members (excludes halogenated alkanes) is 3. The van der Waals surface area contributed by atoms with Crippen LogP contribution < -0.4 is 10.1 Å². The van der Waals surface area contributed by atoms with Crippen LogP contribution in [0.15, 0.2) is 33.5 Å². The van der Waals surface area contributed by atoms with E-state index in [9.17, 15) is 9.36 Å². The zero-order valence-corrected chi connectivity index (χ0v) is 14.7. The molecule has 0 N–H and O–H groups in total. The van der Waals surface area contributed by atoms with Gasteiger partial charge in [0.1, 0.15) is 11.3 Å². The standard InChI is InChI=1S/C17H23O5P/c1-4-5-6-7-10-23(19,20-3)22-14-8-9-15-13(2)11-17(18)21-16(15)12-14/h8-9,11-12H,4-7,10H2,1-3H3/t23-/m0/s1. The molecule has 2 aromatic rings. The molecule has 5 nitrogen and oxygen atoms in total. The third-order valence-corrected chi connectivity index (χ3v) is 5.64. The van der Waals surface area contributed by atoms with Crippen LogP contribution in [0.25, 0.3) is 11.0 Å². The molecule has 0 saturated heterocycles. The highest BCUT2D eigenvalue weighted by Crippen LogP contribution is 2.48. The Morgan fingerprint density at radius 3 is 2.65 bits per heavy atom. The maximum absolute atomic E-state index is 12.6. The van der Waals surface area contributed by atoms with Crippen molar-refractivity contribution in [2.24, 2.45) is 0 Å². The first kappa shape index (κ1) is 17.8. The fourth-order valence-corrected chi connectivity index (χ4v) is 3.82. The van der Waals surface area contributed by atoms with Crippen LogP contribution in [0.5, 0.6) is 5.75 Å². The predicted octanol–water partition coefficient (Wildman–Crippen LogP) is 4.90. The summed E-state index contributed by atoms with van der Waals surface area (Å²) in [5.74, 6) is 0.381. The van der Waals surface area contributed by atoms with E-state index in [1.54, 1.807) is 18.2 Å². The molecule has 0 saturated carbocycles. The average Bonchev–Trinajstić information content (AvgIpc) is 2.51. The summed E-state index contributed by atoms with van der Waals surface area (Å²) in [7, 11) is -1.79. The highest BCUT2D eigenvalue weighted by Gasteiger charge is 2.24. The van der Waals surface area contributed by atoms with Crippen LogP contribution in [0.4, 0.5) is 0 Å². The maximum Gasteiger partial charge on any atom is 0.378 e. The molecule has 0 aliphatic carbocycles. The van der Waals surface area contributed by atoms with E-state index in [-0.39, 0.29) is 0 Å². The monoisotopic (exact) mass is 338 g/mol. The normalized spacial score (nSPS) is 13.9. The second-order valence-electron chi connectivity index (χ2n) is 5.58. The van der Waals surface area contributed by atoms with Crippen molar-refractivity contribution in [3.63, 3.8) is 0 Å². The van der Waals surface area contributed by atoms with E-state index in [4.69, 9.17) is 13.5 Å². The van der Waals surface area contributed by atoms with Gasteiger partial charge in [-0.05, 0) is 31.0 Å². The summed E-state index contributed by atoms with van der Waals surface area (Å²) in [5, 5.41) is 0.826. The molecule has 23 heavy (non-hydrogen) atoms. The van der Waals surface area contributed by atoms with Gasteiger partial charge in [0.15, 0.2) is 0 Å². The summed E-state index contributed by atoms with van der Waals surface area (Å²) in [5.41, 5.74) is 0.833. The van der Waals surface area contributed by atoms with Crippen LogP contribution in [-0.4, -0.2) is 13.3 Å². The predicted molar refractivity (Wildman–Crippen MR) is 91.5 cm³/mol. The Morgan fingerprint density at radius 1 is 1.17 bits per heavy atom. The third kappa shape index (κ3) is 4.69. The average molecular weight is 338 g/mol. The molecular formula is C17H23O5P. The second kappa shape index (κ2) is 7.80. The molecule has 1 aromatic carbocycles. The smallest absolute Gasteiger partial charge is 0.378 e. The Morgan fingerprint density at radius 2 is 1.96 bits per heavy atom. The molecule has 0 radical (unpaired) electrons. The molecule has 6 heteroatoms. The lowest BCUT2D eigenvalue weighted by Gasteiger charge is -2.17. The van der Waals surface area contributed by atoms with Crippen LogP contribution in [0.3, 0.4) is 0 Å². The molecule has 0 fully saturated rings. The van der Waals surface area contributed by atoms with E-state index in [0.29, 0.717) is 17.5 Å². The van der Waals surface area contributed by atoms with Gasteiger partial charge in [-0.25, -0.2) is 9.36 Å². The van der Waals surface area contributed by atoms with Crippen molar-refractivity contribution in [1.82, 2.24) is 0 Å². The maximum atomic E-state index is 12.6. The highest BCUT2D eigenvalue weighted by atomic mass is 31.2. The Kier molecular flexibility index (Phi) is 6.03. The minimum Gasteiger partial charge on any atom is -0.424 e. The van der Waals surface area contributed by atoms with Crippen LogP contribution in [-0.2, 0) is 9.09 Å². The topological polar surface area (TPSA) is 65.7 Å². The SMILES string of the molecule is CCCCCC[P@](=O)(OC)Oc1ccc2c(C)cc(=O)oc2c1. The first-order chi connectivity index (χ1) is 11.0. The van der Waals surface area contributed by atoms with Crippen LogP contribution in [0.1, 0.15) is 38.2 Å². The number of hydrogen-bond donors (Lipinski definition) is 0. The number of aryl methyl sites for hydroxylation is 1. The Labute approximate surface area is 136 Å². The highest BCUT2D eigenvalue weighted by molar-refractivity contribution is 7.54. The van der Waals surface area contributed by atoms with Gasteiger partial charge in [-0.2, -0.15) is 0 Å². The number of hydrogen-bond acceptors (Lipinski definition) is 5. The van der Waals surface area contributed by atoms with E-state index in [2.05, 4.69) is 6.92 Å². The molecule has 0 amide bonds. The molecule has 1 atom stereocenters. The van der Waals surface area contributed by atoms with Crippen molar-refractivity contribution >= 4 is 18.6 Å². The molecular weight excluding hydrogens is 315 g/mol. The molecule has 0 aliphatic heterocycles. The lowest BCUT2D eigenvalue weighted by Crippen LogP contribution is -2.01. The van der Waals surface area contributed by atoms with E-state index in [1.165, 1.54) is 13.2 Å². The molecule has 0 bridgehead atoms.